The van der Waals surface area contributed by atoms with Crippen molar-refractivity contribution in [3.63, 3.8) is 0 Å². The molecular weight excluding hydrogens is 350 g/mol. The molecule has 1 saturated heterocycles. The van der Waals surface area contributed by atoms with E-state index in [1.54, 1.807) is 23.1 Å². The molecule has 27 heavy (non-hydrogen) atoms. The Bertz CT molecular complexity index is 700. The van der Waals surface area contributed by atoms with E-state index >= 15 is 0 Å². The molecule has 1 fully saturated rings. The Morgan fingerprint density at radius 1 is 1.07 bits per heavy atom. The van der Waals surface area contributed by atoms with E-state index < -0.39 is 5.97 Å². The zero-order chi connectivity index (χ0) is 19.8. The number of likely N-dealkylation sites (tertiary alicyclic amines) is 1. The molecule has 148 valence electrons. The Kier molecular flexibility index (Phi) is 7.52. The summed E-state index contributed by atoms with van der Waals surface area (Å²) in [5.41, 5.74) is 0.628. The molecule has 7 nitrogen and oxygen atoms in total. The minimum Gasteiger partial charge on any atom is -0.496 e. The molecule has 7 heteroatoms. The van der Waals surface area contributed by atoms with E-state index in [4.69, 9.17) is 18.9 Å². The van der Waals surface area contributed by atoms with E-state index in [-0.39, 0.29) is 18.6 Å². The third kappa shape index (κ3) is 5.39. The van der Waals surface area contributed by atoms with Crippen molar-refractivity contribution < 1.29 is 28.5 Å². The van der Waals surface area contributed by atoms with Gasteiger partial charge < -0.3 is 23.8 Å². The topological polar surface area (TPSA) is 74.3 Å². The van der Waals surface area contributed by atoms with Gasteiger partial charge in [-0.25, -0.2) is 4.79 Å². The number of hydrogen-bond donors (Lipinski definition) is 0. The number of esters is 1. The summed E-state index contributed by atoms with van der Waals surface area (Å²) < 4.78 is 20.9. The van der Waals surface area contributed by atoms with Gasteiger partial charge >= 0.3 is 5.97 Å². The molecule has 0 unspecified atom stereocenters. The highest BCUT2D eigenvalue weighted by Gasteiger charge is 2.23. The van der Waals surface area contributed by atoms with Gasteiger partial charge in [0.05, 0.1) is 21.3 Å². The maximum atomic E-state index is 12.2. The van der Waals surface area contributed by atoms with Crippen molar-refractivity contribution in [2.45, 2.75) is 32.2 Å². The summed E-state index contributed by atoms with van der Waals surface area (Å²) in [5, 5.41) is 0. The average molecular weight is 377 g/mol. The van der Waals surface area contributed by atoms with Crippen molar-refractivity contribution in [1.29, 1.82) is 0 Å². The standard InChI is InChI=1S/C20H27NO6/c1-14-7-5-6-10-21(14)19(22)13-27-20(23)9-8-15-11-17(25-3)18(26-4)12-16(15)24-2/h8-9,11-12,14H,5-7,10,13H2,1-4H3/b9-8+/t14-/m1/s1. The van der Waals surface area contributed by atoms with Crippen LogP contribution in [0.4, 0.5) is 0 Å². The zero-order valence-electron chi connectivity index (χ0n) is 16.3. The van der Waals surface area contributed by atoms with Crippen LogP contribution in [0.15, 0.2) is 18.2 Å². The van der Waals surface area contributed by atoms with Crippen molar-refractivity contribution in [2.24, 2.45) is 0 Å². The van der Waals surface area contributed by atoms with Crippen LogP contribution in [-0.2, 0) is 14.3 Å². The Labute approximate surface area is 159 Å². The van der Waals surface area contributed by atoms with Gasteiger partial charge in [-0.05, 0) is 38.3 Å². The lowest BCUT2D eigenvalue weighted by Gasteiger charge is -2.33. The minimum absolute atomic E-state index is 0.160. The Morgan fingerprint density at radius 3 is 2.37 bits per heavy atom. The van der Waals surface area contributed by atoms with Crippen LogP contribution in [0.2, 0.25) is 0 Å². The molecule has 0 N–H and O–H groups in total. The van der Waals surface area contributed by atoms with E-state index in [1.807, 2.05) is 6.92 Å². The summed E-state index contributed by atoms with van der Waals surface area (Å²) in [5.74, 6) is 0.809. The number of amides is 1. The summed E-state index contributed by atoms with van der Waals surface area (Å²) in [6.45, 7) is 2.48. The Hall–Kier alpha value is -2.70. The molecule has 0 radical (unpaired) electrons. The highest BCUT2D eigenvalue weighted by atomic mass is 16.5. The largest absolute Gasteiger partial charge is 0.496 e. The van der Waals surface area contributed by atoms with Gasteiger partial charge in [-0.3, -0.25) is 4.79 Å². The van der Waals surface area contributed by atoms with Gasteiger partial charge in [0, 0.05) is 30.3 Å². The van der Waals surface area contributed by atoms with Gasteiger partial charge in [0.1, 0.15) is 5.75 Å². The van der Waals surface area contributed by atoms with Crippen molar-refractivity contribution >= 4 is 18.0 Å². The normalized spacial score (nSPS) is 16.9. The van der Waals surface area contributed by atoms with Gasteiger partial charge in [-0.15, -0.1) is 0 Å². The van der Waals surface area contributed by atoms with Gasteiger partial charge in [-0.2, -0.15) is 0 Å². The molecule has 0 bridgehead atoms. The van der Waals surface area contributed by atoms with Crippen molar-refractivity contribution in [2.75, 3.05) is 34.5 Å². The summed E-state index contributed by atoms with van der Waals surface area (Å²) in [6.07, 6.45) is 5.91. The van der Waals surface area contributed by atoms with Gasteiger partial charge in [0.15, 0.2) is 18.1 Å². The van der Waals surface area contributed by atoms with E-state index in [2.05, 4.69) is 0 Å². The number of piperidine rings is 1. The fourth-order valence-corrected chi connectivity index (χ4v) is 3.07. The van der Waals surface area contributed by atoms with Gasteiger partial charge in [0.2, 0.25) is 0 Å². The molecule has 0 aliphatic carbocycles. The fraction of sp³-hybridized carbons (Fsp3) is 0.500. The minimum atomic E-state index is -0.593. The molecule has 1 aromatic rings. The van der Waals surface area contributed by atoms with Crippen LogP contribution in [0.1, 0.15) is 31.7 Å². The summed E-state index contributed by atoms with van der Waals surface area (Å²) >= 11 is 0. The third-order valence-electron chi connectivity index (χ3n) is 4.60. The predicted molar refractivity (Wildman–Crippen MR) is 101 cm³/mol. The highest BCUT2D eigenvalue weighted by Crippen LogP contribution is 2.35. The average Bonchev–Trinajstić information content (AvgIpc) is 2.69. The van der Waals surface area contributed by atoms with Crippen LogP contribution < -0.4 is 14.2 Å². The van der Waals surface area contributed by atoms with Crippen LogP contribution in [0.3, 0.4) is 0 Å². The molecule has 0 aromatic heterocycles. The van der Waals surface area contributed by atoms with Crippen LogP contribution in [-0.4, -0.2) is 57.3 Å². The predicted octanol–water partition coefficient (Wildman–Crippen LogP) is 2.67. The lowest BCUT2D eigenvalue weighted by Crippen LogP contribution is -2.44. The first-order chi connectivity index (χ1) is 13.0. The highest BCUT2D eigenvalue weighted by molar-refractivity contribution is 5.90. The second-order valence-corrected chi connectivity index (χ2v) is 6.32. The van der Waals surface area contributed by atoms with Crippen molar-refractivity contribution in [3.05, 3.63) is 23.8 Å². The van der Waals surface area contributed by atoms with Crippen LogP contribution in [0, 0.1) is 0 Å². The summed E-state index contributed by atoms with van der Waals surface area (Å²) in [4.78, 5) is 26.0. The first-order valence-electron chi connectivity index (χ1n) is 8.94. The molecule has 1 amide bonds. The molecule has 0 spiro atoms. The molecular formula is C20H27NO6. The Balaban J connectivity index is 1.98. The number of nitrogens with zero attached hydrogens (tertiary/aromatic N) is 1. The van der Waals surface area contributed by atoms with E-state index in [0.717, 1.165) is 25.8 Å². The number of benzene rings is 1. The van der Waals surface area contributed by atoms with E-state index in [1.165, 1.54) is 27.4 Å². The molecule has 1 heterocycles. The quantitative estimate of drug-likeness (QED) is 0.537. The van der Waals surface area contributed by atoms with Gasteiger partial charge in [0.25, 0.3) is 5.91 Å². The SMILES string of the molecule is COc1cc(OC)c(OC)cc1/C=C/C(=O)OCC(=O)N1CCCC[C@H]1C. The smallest absolute Gasteiger partial charge is 0.331 e. The number of carbonyl (C=O) groups excluding carboxylic acids is 2. The lowest BCUT2D eigenvalue weighted by atomic mass is 10.0. The maximum Gasteiger partial charge on any atom is 0.331 e. The molecule has 1 aromatic carbocycles. The van der Waals surface area contributed by atoms with Crippen molar-refractivity contribution in [3.8, 4) is 17.2 Å². The van der Waals surface area contributed by atoms with Crippen LogP contribution in [0.25, 0.3) is 6.08 Å². The Morgan fingerprint density at radius 2 is 1.74 bits per heavy atom. The van der Waals surface area contributed by atoms with Gasteiger partial charge in [-0.1, -0.05) is 0 Å². The number of methoxy groups -OCH3 is 3. The second kappa shape index (κ2) is 9.85. The second-order valence-electron chi connectivity index (χ2n) is 6.32. The zero-order valence-corrected chi connectivity index (χ0v) is 16.3. The fourth-order valence-electron chi connectivity index (χ4n) is 3.07. The van der Waals surface area contributed by atoms with Crippen LogP contribution in [0.5, 0.6) is 17.2 Å². The number of rotatable bonds is 7. The maximum absolute atomic E-state index is 12.2. The third-order valence-corrected chi connectivity index (χ3v) is 4.60. The number of ether oxygens (including phenoxy) is 4. The summed E-state index contributed by atoms with van der Waals surface area (Å²) in [7, 11) is 4.58. The lowest BCUT2D eigenvalue weighted by molar-refractivity contribution is -0.149. The summed E-state index contributed by atoms with van der Waals surface area (Å²) in [6, 6.07) is 3.56. The number of hydrogen-bond acceptors (Lipinski definition) is 6. The monoisotopic (exact) mass is 377 g/mol. The first kappa shape index (κ1) is 20.6. The van der Waals surface area contributed by atoms with Crippen LogP contribution >= 0.6 is 0 Å². The van der Waals surface area contributed by atoms with E-state index in [0.29, 0.717) is 22.8 Å². The number of carbonyl (C=O) groups is 2. The molecule has 0 saturated carbocycles. The first-order valence-corrected chi connectivity index (χ1v) is 8.94. The van der Waals surface area contributed by atoms with Crippen molar-refractivity contribution in [1.82, 2.24) is 4.90 Å². The molecule has 1 atom stereocenters. The molecule has 1 aliphatic rings. The molecule has 1 aliphatic heterocycles. The molecule has 2 rings (SSSR count). The van der Waals surface area contributed by atoms with E-state index in [9.17, 15) is 9.59 Å².